The first-order valence-corrected chi connectivity index (χ1v) is 12.4. The van der Waals surface area contributed by atoms with Gasteiger partial charge in [0.15, 0.2) is 0 Å². The van der Waals surface area contributed by atoms with Crippen LogP contribution in [0.5, 0.6) is 0 Å². The molecule has 10 nitrogen and oxygen atoms in total. The van der Waals surface area contributed by atoms with Gasteiger partial charge in [-0.05, 0) is 61.1 Å². The number of anilines is 1. The Morgan fingerprint density at radius 3 is 2.65 bits per heavy atom. The summed E-state index contributed by atoms with van der Waals surface area (Å²) in [5, 5.41) is 12.0. The van der Waals surface area contributed by atoms with E-state index >= 15 is 0 Å². The van der Waals surface area contributed by atoms with Gasteiger partial charge < -0.3 is 15.3 Å². The molecule has 1 aromatic heterocycles. The second-order valence-corrected chi connectivity index (χ2v) is 9.96. The molecule has 2 amide bonds. The monoisotopic (exact) mass is 498 g/mol. The van der Waals surface area contributed by atoms with E-state index < -0.39 is 6.61 Å². The summed E-state index contributed by atoms with van der Waals surface area (Å²) in [5.41, 5.74) is 3.23. The summed E-state index contributed by atoms with van der Waals surface area (Å²) in [6, 6.07) is 12.6. The molecule has 1 aliphatic carbocycles. The van der Waals surface area contributed by atoms with Crippen molar-refractivity contribution in [2.45, 2.75) is 19.3 Å². The van der Waals surface area contributed by atoms with Crippen LogP contribution in [0, 0.1) is 11.3 Å². The SMILES string of the molecule is N[N+]12C=CN=CC1=C(C1CC13CCN(C(=O)CO)CC3)N=C2c1ccc(C(=O)Nc2ccccn2)cc1. The van der Waals surface area contributed by atoms with Crippen molar-refractivity contribution in [2.24, 2.45) is 27.2 Å². The molecular weight excluding hydrogens is 470 g/mol. The number of carbonyl (C=O) groups is 2. The zero-order valence-corrected chi connectivity index (χ0v) is 20.2. The zero-order chi connectivity index (χ0) is 25.6. The van der Waals surface area contributed by atoms with Crippen molar-refractivity contribution in [2.75, 3.05) is 25.0 Å². The van der Waals surface area contributed by atoms with E-state index in [1.165, 1.54) is 0 Å². The molecule has 4 aliphatic rings. The highest BCUT2D eigenvalue weighted by Gasteiger charge is 2.61. The summed E-state index contributed by atoms with van der Waals surface area (Å²) in [5.74, 6) is 7.85. The molecule has 3 aliphatic heterocycles. The lowest BCUT2D eigenvalue weighted by Gasteiger charge is -2.32. The molecule has 1 aromatic carbocycles. The Morgan fingerprint density at radius 2 is 1.95 bits per heavy atom. The van der Waals surface area contributed by atoms with Crippen molar-refractivity contribution in [1.82, 2.24) is 9.88 Å². The number of likely N-dealkylation sites (tertiary alicyclic amines) is 1. The third kappa shape index (κ3) is 3.99. The first-order chi connectivity index (χ1) is 17.9. The number of nitrogens with two attached hydrogens (primary N) is 1. The number of aliphatic hydroxyl groups is 1. The number of carbonyl (C=O) groups excluding carboxylic acids is 2. The second kappa shape index (κ2) is 8.84. The molecule has 1 saturated heterocycles. The zero-order valence-electron chi connectivity index (χ0n) is 20.2. The van der Waals surface area contributed by atoms with Gasteiger partial charge in [-0.15, -0.1) is 4.59 Å². The average molecular weight is 499 g/mol. The number of rotatable bonds is 5. The number of piperidine rings is 1. The first-order valence-electron chi connectivity index (χ1n) is 12.4. The van der Waals surface area contributed by atoms with Crippen LogP contribution in [-0.2, 0) is 4.79 Å². The quantitative estimate of drug-likeness (QED) is 0.429. The van der Waals surface area contributed by atoms with Crippen molar-refractivity contribution in [3.8, 4) is 0 Å². The summed E-state index contributed by atoms with van der Waals surface area (Å²) in [7, 11) is 0. The van der Waals surface area contributed by atoms with Crippen LogP contribution in [0.15, 0.2) is 82.4 Å². The minimum absolute atomic E-state index is 0.0694. The highest BCUT2D eigenvalue weighted by atomic mass is 16.3. The Hall–Kier alpha value is -3.99. The van der Waals surface area contributed by atoms with Crippen LogP contribution >= 0.6 is 0 Å². The van der Waals surface area contributed by atoms with Crippen LogP contribution in [0.2, 0.25) is 0 Å². The van der Waals surface area contributed by atoms with Crippen molar-refractivity contribution >= 4 is 29.7 Å². The number of nitrogens with zero attached hydrogens (tertiary/aromatic N) is 5. The molecule has 10 heteroatoms. The molecule has 0 bridgehead atoms. The van der Waals surface area contributed by atoms with Gasteiger partial charge in [0, 0.05) is 30.8 Å². The van der Waals surface area contributed by atoms with E-state index in [2.05, 4.69) is 15.3 Å². The van der Waals surface area contributed by atoms with E-state index in [1.54, 1.807) is 47.8 Å². The minimum atomic E-state index is -0.445. The molecule has 2 unspecified atom stereocenters. The van der Waals surface area contributed by atoms with Crippen LogP contribution < -0.4 is 11.2 Å². The highest BCUT2D eigenvalue weighted by molar-refractivity contribution is 6.05. The van der Waals surface area contributed by atoms with Crippen LogP contribution in [0.4, 0.5) is 5.82 Å². The number of aromatic nitrogens is 1. The van der Waals surface area contributed by atoms with Gasteiger partial charge in [0.1, 0.15) is 24.3 Å². The summed E-state index contributed by atoms with van der Waals surface area (Å²) >= 11 is 0. The number of amidine groups is 1. The topological polar surface area (TPSA) is 133 Å². The predicted octanol–water partition coefficient (Wildman–Crippen LogP) is 2.17. The number of fused-ring (bicyclic) bond motifs is 1. The molecule has 6 rings (SSSR count). The lowest BCUT2D eigenvalue weighted by molar-refractivity contribution is -0.750. The second-order valence-electron chi connectivity index (χ2n) is 9.96. The number of pyridine rings is 1. The lowest BCUT2D eigenvalue weighted by atomic mass is 9.89. The van der Waals surface area contributed by atoms with E-state index in [4.69, 9.17) is 10.8 Å². The molecule has 37 heavy (non-hydrogen) atoms. The van der Waals surface area contributed by atoms with Gasteiger partial charge in [0.2, 0.25) is 11.6 Å². The predicted molar refractivity (Wildman–Crippen MR) is 138 cm³/mol. The van der Waals surface area contributed by atoms with Crippen LogP contribution in [0.25, 0.3) is 0 Å². The van der Waals surface area contributed by atoms with E-state index in [-0.39, 0.29) is 27.7 Å². The maximum Gasteiger partial charge on any atom is 0.264 e. The summed E-state index contributed by atoms with van der Waals surface area (Å²) in [6.07, 6.45) is 9.66. The van der Waals surface area contributed by atoms with Gasteiger partial charge in [-0.2, -0.15) is 10.8 Å². The van der Waals surface area contributed by atoms with Gasteiger partial charge in [-0.3, -0.25) is 14.6 Å². The number of benzene rings is 1. The molecule has 1 saturated carbocycles. The molecule has 2 fully saturated rings. The molecule has 4 heterocycles. The Morgan fingerprint density at radius 1 is 1.16 bits per heavy atom. The number of aliphatic imine (C=N–C) groups is 2. The lowest BCUT2D eigenvalue weighted by Crippen LogP contribution is -2.53. The Labute approximate surface area is 214 Å². The van der Waals surface area contributed by atoms with Gasteiger partial charge in [0.05, 0.1) is 18.0 Å². The molecule has 2 atom stereocenters. The maximum absolute atomic E-state index is 12.7. The number of aliphatic hydroxyl groups excluding tert-OH is 1. The standard InChI is InChI=1S/C27H27N7O3/c28-34-14-11-29-16-21(34)24(20-15-27(20)8-12-33(13-9-27)23(36)17-35)32-25(34)18-4-6-19(7-5-18)26(37)31-22-3-1-2-10-30-22/h1-7,10-11,14,16,20,35H,8-9,12-13,15,17,28H2/p+1. The number of hydrogen-bond acceptors (Lipinski definition) is 7. The van der Waals surface area contributed by atoms with Gasteiger partial charge >= 0.3 is 0 Å². The number of amides is 2. The number of allylic oxidation sites excluding steroid dienone is 2. The summed E-state index contributed by atoms with van der Waals surface area (Å²) < 4.78 is -0.0694. The van der Waals surface area contributed by atoms with Crippen molar-refractivity contribution < 1.29 is 19.3 Å². The van der Waals surface area contributed by atoms with E-state index in [1.807, 2.05) is 24.4 Å². The fraction of sp³-hybridized carbons (Fsp3) is 0.296. The van der Waals surface area contributed by atoms with Gasteiger partial charge in [0.25, 0.3) is 11.7 Å². The first kappa shape index (κ1) is 23.4. The normalized spacial score (nSPS) is 25.2. The number of nitrogens with one attached hydrogen (secondary N) is 1. The highest BCUT2D eigenvalue weighted by Crippen LogP contribution is 2.64. The molecule has 2 aromatic rings. The maximum atomic E-state index is 12.7. The Bertz CT molecular complexity index is 1370. The number of hydrogen-bond donors (Lipinski definition) is 3. The largest absolute Gasteiger partial charge is 0.387 e. The fourth-order valence-electron chi connectivity index (χ4n) is 5.65. The van der Waals surface area contributed by atoms with Crippen molar-refractivity contribution in [3.63, 3.8) is 0 Å². The summed E-state index contributed by atoms with van der Waals surface area (Å²) in [4.78, 5) is 39.8. The number of quaternary nitrogens is 1. The van der Waals surface area contributed by atoms with Gasteiger partial charge in [-0.1, -0.05) is 6.07 Å². The van der Waals surface area contributed by atoms with Crippen LogP contribution in [0.1, 0.15) is 35.2 Å². The van der Waals surface area contributed by atoms with Gasteiger partial charge in [-0.25, -0.2) is 4.98 Å². The minimum Gasteiger partial charge on any atom is -0.387 e. The third-order valence-electron chi connectivity index (χ3n) is 7.90. The fourth-order valence-corrected chi connectivity index (χ4v) is 5.65. The molecule has 188 valence electrons. The summed E-state index contributed by atoms with van der Waals surface area (Å²) in [6.45, 7) is 0.848. The van der Waals surface area contributed by atoms with E-state index in [0.29, 0.717) is 30.3 Å². The molecule has 0 radical (unpaired) electrons. The molecule has 4 N–H and O–H groups in total. The molecule has 1 spiro atoms. The smallest absolute Gasteiger partial charge is 0.264 e. The van der Waals surface area contributed by atoms with E-state index in [0.717, 1.165) is 36.2 Å². The average Bonchev–Trinajstić information content (AvgIpc) is 3.52. The molecular formula is C27H28N7O3+. The van der Waals surface area contributed by atoms with Crippen molar-refractivity contribution in [3.05, 3.63) is 83.6 Å². The van der Waals surface area contributed by atoms with Crippen LogP contribution in [-0.4, -0.2) is 63.1 Å². The Kier molecular flexibility index (Phi) is 5.59. The Balaban J connectivity index is 1.23. The third-order valence-corrected chi connectivity index (χ3v) is 7.90. The van der Waals surface area contributed by atoms with E-state index in [9.17, 15) is 14.7 Å². The van der Waals surface area contributed by atoms with Crippen LogP contribution in [0.3, 0.4) is 0 Å². The van der Waals surface area contributed by atoms with Crippen molar-refractivity contribution in [1.29, 1.82) is 0 Å².